The van der Waals surface area contributed by atoms with Gasteiger partial charge < -0.3 is 19.7 Å². The zero-order valence-corrected chi connectivity index (χ0v) is 11.6. The Bertz CT molecular complexity index is 462. The number of methoxy groups -OCH3 is 2. The summed E-state index contributed by atoms with van der Waals surface area (Å²) in [6, 6.07) is 5.76. The molecule has 2 rings (SSSR count). The Hall–Kier alpha value is -1.91. The SMILES string of the molecule is CNC(=O)N1CCCC1c1ccc(OC)cc1OC. The molecule has 1 saturated heterocycles. The number of hydrogen-bond donors (Lipinski definition) is 1. The molecule has 2 amide bonds. The average molecular weight is 264 g/mol. The van der Waals surface area contributed by atoms with E-state index in [4.69, 9.17) is 9.47 Å². The van der Waals surface area contributed by atoms with Gasteiger partial charge in [0.05, 0.1) is 20.3 Å². The van der Waals surface area contributed by atoms with Crippen LogP contribution in [0.5, 0.6) is 11.5 Å². The number of amides is 2. The van der Waals surface area contributed by atoms with E-state index in [1.54, 1.807) is 21.3 Å². The van der Waals surface area contributed by atoms with Gasteiger partial charge in [-0.05, 0) is 25.0 Å². The van der Waals surface area contributed by atoms with Crippen LogP contribution in [0.3, 0.4) is 0 Å². The zero-order chi connectivity index (χ0) is 13.8. The lowest BCUT2D eigenvalue weighted by Gasteiger charge is -2.26. The van der Waals surface area contributed by atoms with Crippen LogP contribution in [0.4, 0.5) is 4.79 Å². The highest BCUT2D eigenvalue weighted by atomic mass is 16.5. The number of benzene rings is 1. The molecule has 104 valence electrons. The number of urea groups is 1. The van der Waals surface area contributed by atoms with E-state index in [0.29, 0.717) is 0 Å². The highest BCUT2D eigenvalue weighted by molar-refractivity contribution is 5.75. The number of rotatable bonds is 3. The lowest BCUT2D eigenvalue weighted by atomic mass is 10.0. The highest BCUT2D eigenvalue weighted by Crippen LogP contribution is 2.38. The molecule has 1 heterocycles. The van der Waals surface area contributed by atoms with Gasteiger partial charge in [-0.25, -0.2) is 4.79 Å². The Morgan fingerprint density at radius 2 is 2.16 bits per heavy atom. The van der Waals surface area contributed by atoms with E-state index in [-0.39, 0.29) is 12.1 Å². The summed E-state index contributed by atoms with van der Waals surface area (Å²) < 4.78 is 10.6. The molecule has 5 nitrogen and oxygen atoms in total. The summed E-state index contributed by atoms with van der Waals surface area (Å²) in [5, 5.41) is 2.69. The predicted molar refractivity (Wildman–Crippen MR) is 72.7 cm³/mol. The molecule has 1 aliphatic rings. The summed E-state index contributed by atoms with van der Waals surface area (Å²) in [4.78, 5) is 13.7. The topological polar surface area (TPSA) is 50.8 Å². The first-order valence-electron chi connectivity index (χ1n) is 6.41. The second kappa shape index (κ2) is 5.82. The standard InChI is InChI=1S/C14H20N2O3/c1-15-14(17)16-8-4-5-12(16)11-7-6-10(18-2)9-13(11)19-3/h6-7,9,12H,4-5,8H2,1-3H3,(H,15,17). The van der Waals surface area contributed by atoms with Gasteiger partial charge >= 0.3 is 6.03 Å². The van der Waals surface area contributed by atoms with Crippen LogP contribution >= 0.6 is 0 Å². The van der Waals surface area contributed by atoms with E-state index in [9.17, 15) is 4.79 Å². The van der Waals surface area contributed by atoms with Crippen molar-refractivity contribution in [1.82, 2.24) is 10.2 Å². The van der Waals surface area contributed by atoms with Crippen molar-refractivity contribution in [3.63, 3.8) is 0 Å². The van der Waals surface area contributed by atoms with Crippen molar-refractivity contribution in [3.8, 4) is 11.5 Å². The fourth-order valence-corrected chi connectivity index (χ4v) is 2.57. The molecule has 0 aliphatic carbocycles. The molecule has 0 bridgehead atoms. The van der Waals surface area contributed by atoms with E-state index in [2.05, 4.69) is 5.32 Å². The number of nitrogens with one attached hydrogen (secondary N) is 1. The molecule has 1 fully saturated rings. The van der Waals surface area contributed by atoms with Gasteiger partial charge in [0.15, 0.2) is 0 Å². The van der Waals surface area contributed by atoms with Gasteiger partial charge in [0, 0.05) is 25.2 Å². The third-order valence-electron chi connectivity index (χ3n) is 3.53. The quantitative estimate of drug-likeness (QED) is 0.910. The van der Waals surface area contributed by atoms with Crippen LogP contribution in [-0.2, 0) is 0 Å². The number of nitrogens with zero attached hydrogens (tertiary/aromatic N) is 1. The number of ether oxygens (including phenoxy) is 2. The van der Waals surface area contributed by atoms with E-state index >= 15 is 0 Å². The third-order valence-corrected chi connectivity index (χ3v) is 3.53. The van der Waals surface area contributed by atoms with Crippen molar-refractivity contribution in [2.75, 3.05) is 27.8 Å². The van der Waals surface area contributed by atoms with Crippen molar-refractivity contribution in [3.05, 3.63) is 23.8 Å². The van der Waals surface area contributed by atoms with Gasteiger partial charge in [0.1, 0.15) is 11.5 Å². The first-order valence-corrected chi connectivity index (χ1v) is 6.41. The van der Waals surface area contributed by atoms with Crippen molar-refractivity contribution >= 4 is 6.03 Å². The summed E-state index contributed by atoms with van der Waals surface area (Å²) in [6.07, 6.45) is 1.96. The minimum atomic E-state index is -0.0413. The summed E-state index contributed by atoms with van der Waals surface area (Å²) in [6.45, 7) is 0.777. The fourth-order valence-electron chi connectivity index (χ4n) is 2.57. The second-order valence-corrected chi connectivity index (χ2v) is 4.51. The Morgan fingerprint density at radius 1 is 1.37 bits per heavy atom. The van der Waals surface area contributed by atoms with Gasteiger partial charge in [-0.1, -0.05) is 0 Å². The van der Waals surface area contributed by atoms with E-state index in [1.165, 1.54) is 0 Å². The minimum absolute atomic E-state index is 0.0413. The van der Waals surface area contributed by atoms with Crippen LogP contribution in [-0.4, -0.2) is 38.7 Å². The number of carbonyl (C=O) groups excluding carboxylic acids is 1. The van der Waals surface area contributed by atoms with Crippen molar-refractivity contribution in [1.29, 1.82) is 0 Å². The molecule has 1 aromatic rings. The first kappa shape index (κ1) is 13.5. The van der Waals surface area contributed by atoms with E-state index in [0.717, 1.165) is 36.4 Å². The van der Waals surface area contributed by atoms with Gasteiger partial charge in [0.25, 0.3) is 0 Å². The lowest BCUT2D eigenvalue weighted by molar-refractivity contribution is 0.194. The predicted octanol–water partition coefficient (Wildman–Crippen LogP) is 2.18. The smallest absolute Gasteiger partial charge is 0.317 e. The Labute approximate surface area is 113 Å². The second-order valence-electron chi connectivity index (χ2n) is 4.51. The molecule has 0 radical (unpaired) electrons. The molecule has 5 heteroatoms. The molecule has 1 atom stereocenters. The van der Waals surface area contributed by atoms with Crippen LogP contribution in [0.1, 0.15) is 24.4 Å². The maximum atomic E-state index is 11.9. The molecule has 1 aliphatic heterocycles. The van der Waals surface area contributed by atoms with Crippen LogP contribution < -0.4 is 14.8 Å². The minimum Gasteiger partial charge on any atom is -0.497 e. The van der Waals surface area contributed by atoms with Crippen LogP contribution in [0, 0.1) is 0 Å². The molecule has 1 aromatic carbocycles. The molecule has 1 N–H and O–H groups in total. The van der Waals surface area contributed by atoms with Crippen molar-refractivity contribution in [2.24, 2.45) is 0 Å². The van der Waals surface area contributed by atoms with Gasteiger partial charge in [-0.15, -0.1) is 0 Å². The number of carbonyl (C=O) groups is 1. The third kappa shape index (κ3) is 2.59. The first-order chi connectivity index (χ1) is 9.21. The Morgan fingerprint density at radius 3 is 2.79 bits per heavy atom. The zero-order valence-electron chi connectivity index (χ0n) is 11.6. The summed E-state index contributed by atoms with van der Waals surface area (Å²) in [7, 11) is 4.92. The summed E-state index contributed by atoms with van der Waals surface area (Å²) in [5.41, 5.74) is 1.03. The van der Waals surface area contributed by atoms with Gasteiger partial charge in [-0.2, -0.15) is 0 Å². The normalized spacial score (nSPS) is 18.3. The Balaban J connectivity index is 2.32. The highest BCUT2D eigenvalue weighted by Gasteiger charge is 2.31. The van der Waals surface area contributed by atoms with E-state index in [1.807, 2.05) is 23.1 Å². The van der Waals surface area contributed by atoms with Crippen LogP contribution in [0.25, 0.3) is 0 Å². The Kier molecular flexibility index (Phi) is 4.14. The number of likely N-dealkylation sites (tertiary alicyclic amines) is 1. The maximum Gasteiger partial charge on any atom is 0.317 e. The molecule has 1 unspecified atom stereocenters. The van der Waals surface area contributed by atoms with Gasteiger partial charge in [0.2, 0.25) is 0 Å². The largest absolute Gasteiger partial charge is 0.497 e. The lowest BCUT2D eigenvalue weighted by Crippen LogP contribution is -2.37. The summed E-state index contributed by atoms with van der Waals surface area (Å²) in [5.74, 6) is 1.52. The maximum absolute atomic E-state index is 11.9. The van der Waals surface area contributed by atoms with Gasteiger partial charge in [-0.3, -0.25) is 0 Å². The van der Waals surface area contributed by atoms with E-state index < -0.39 is 0 Å². The fraction of sp³-hybridized carbons (Fsp3) is 0.500. The van der Waals surface area contributed by atoms with Crippen molar-refractivity contribution < 1.29 is 14.3 Å². The average Bonchev–Trinajstić information content (AvgIpc) is 2.94. The monoisotopic (exact) mass is 264 g/mol. The van der Waals surface area contributed by atoms with Crippen LogP contribution in [0.2, 0.25) is 0 Å². The molecular formula is C14H20N2O3. The summed E-state index contributed by atoms with van der Waals surface area (Å²) >= 11 is 0. The molecule has 0 aromatic heterocycles. The molecule has 0 spiro atoms. The van der Waals surface area contributed by atoms with Crippen LogP contribution in [0.15, 0.2) is 18.2 Å². The number of hydrogen-bond acceptors (Lipinski definition) is 3. The van der Waals surface area contributed by atoms with Crippen molar-refractivity contribution in [2.45, 2.75) is 18.9 Å². The molecule has 0 saturated carbocycles. The molecular weight excluding hydrogens is 244 g/mol. The molecule has 19 heavy (non-hydrogen) atoms.